The molecule has 0 saturated heterocycles. The van der Waals surface area contributed by atoms with Gasteiger partial charge in [0.05, 0.1) is 17.8 Å². The fraction of sp³-hybridized carbons (Fsp3) is 0.160. The van der Waals surface area contributed by atoms with Gasteiger partial charge < -0.3 is 9.84 Å². The fourth-order valence-electron chi connectivity index (χ4n) is 3.12. The monoisotopic (exact) mass is 368 g/mol. The summed E-state index contributed by atoms with van der Waals surface area (Å²) in [5, 5.41) is 8.94. The van der Waals surface area contributed by atoms with E-state index in [9.17, 15) is 4.79 Å². The molecule has 1 N–H and O–H groups in total. The summed E-state index contributed by atoms with van der Waals surface area (Å²) >= 11 is 0. The number of rotatable bonds is 5. The first-order valence-electron chi connectivity index (χ1n) is 9.28. The highest BCUT2D eigenvalue weighted by atomic mass is 16.5. The third-order valence-corrected chi connectivity index (χ3v) is 4.96. The van der Waals surface area contributed by atoms with Crippen LogP contribution >= 0.6 is 0 Å². The molecular weight excluding hydrogens is 348 g/mol. The Hall–Kier alpha value is -3.35. The largest absolute Gasteiger partial charge is 0.478 e. The summed E-state index contributed by atoms with van der Waals surface area (Å²) in [6.07, 6.45) is 2.08. The van der Waals surface area contributed by atoms with Gasteiger partial charge in [-0.2, -0.15) is 0 Å². The zero-order valence-electron chi connectivity index (χ0n) is 15.4. The lowest BCUT2D eigenvalue weighted by Gasteiger charge is -2.17. The van der Waals surface area contributed by atoms with Gasteiger partial charge in [0.1, 0.15) is 0 Å². The molecule has 0 atom stereocenters. The van der Waals surface area contributed by atoms with Crippen molar-refractivity contribution in [1.29, 1.82) is 0 Å². The van der Waals surface area contributed by atoms with E-state index in [0.29, 0.717) is 6.61 Å². The van der Waals surface area contributed by atoms with Crippen molar-refractivity contribution in [2.24, 2.45) is 0 Å². The number of carboxylic acids is 1. The highest BCUT2D eigenvalue weighted by molar-refractivity contribution is 5.87. The average molecular weight is 368 g/mol. The molecule has 3 aromatic carbocycles. The summed E-state index contributed by atoms with van der Waals surface area (Å²) in [4.78, 5) is 10.9. The van der Waals surface area contributed by atoms with Crippen LogP contribution in [0.15, 0.2) is 78.9 Å². The van der Waals surface area contributed by atoms with Crippen LogP contribution in [0, 0.1) is 11.8 Å². The van der Waals surface area contributed by atoms with E-state index in [0.717, 1.165) is 24.0 Å². The molecular formula is C25H20O3. The lowest BCUT2D eigenvalue weighted by Crippen LogP contribution is -2.11. The molecule has 3 heteroatoms. The highest BCUT2D eigenvalue weighted by Crippen LogP contribution is 2.49. The molecule has 1 aliphatic rings. The van der Waals surface area contributed by atoms with Gasteiger partial charge >= 0.3 is 5.97 Å². The second-order valence-corrected chi connectivity index (χ2v) is 6.98. The van der Waals surface area contributed by atoms with E-state index in [1.165, 1.54) is 11.1 Å². The van der Waals surface area contributed by atoms with Gasteiger partial charge in [0.2, 0.25) is 0 Å². The van der Waals surface area contributed by atoms with Crippen LogP contribution in [-0.2, 0) is 16.9 Å². The summed E-state index contributed by atoms with van der Waals surface area (Å²) in [5.74, 6) is 5.27. The van der Waals surface area contributed by atoms with Crippen molar-refractivity contribution in [3.63, 3.8) is 0 Å². The molecule has 0 unspecified atom stereocenters. The molecule has 4 rings (SSSR count). The zero-order chi connectivity index (χ0) is 19.4. The predicted molar refractivity (Wildman–Crippen MR) is 108 cm³/mol. The van der Waals surface area contributed by atoms with Crippen LogP contribution in [0.1, 0.15) is 45.5 Å². The second-order valence-electron chi connectivity index (χ2n) is 6.98. The van der Waals surface area contributed by atoms with Crippen LogP contribution in [-0.4, -0.2) is 11.1 Å². The van der Waals surface area contributed by atoms with E-state index in [1.54, 1.807) is 24.3 Å². The molecule has 0 bridgehead atoms. The molecule has 1 fully saturated rings. The maximum atomic E-state index is 10.9. The first-order chi connectivity index (χ1) is 13.6. The van der Waals surface area contributed by atoms with E-state index in [2.05, 4.69) is 36.1 Å². The van der Waals surface area contributed by atoms with Crippen LogP contribution < -0.4 is 0 Å². The summed E-state index contributed by atoms with van der Waals surface area (Å²) in [6, 6.07) is 25.0. The summed E-state index contributed by atoms with van der Waals surface area (Å²) < 4.78 is 6.23. The molecule has 0 heterocycles. The molecule has 1 aliphatic carbocycles. The third kappa shape index (κ3) is 4.14. The molecule has 3 nitrogen and oxygen atoms in total. The Labute approximate surface area is 164 Å². The highest BCUT2D eigenvalue weighted by Gasteiger charge is 2.45. The van der Waals surface area contributed by atoms with Crippen LogP contribution in [0.25, 0.3) is 0 Å². The van der Waals surface area contributed by atoms with E-state index in [4.69, 9.17) is 9.84 Å². The van der Waals surface area contributed by atoms with Gasteiger partial charge in [0, 0.05) is 11.1 Å². The molecule has 1 saturated carbocycles. The maximum absolute atomic E-state index is 10.9. The minimum atomic E-state index is -0.932. The van der Waals surface area contributed by atoms with Gasteiger partial charge in [-0.25, -0.2) is 4.79 Å². The Kier molecular flexibility index (Phi) is 4.97. The van der Waals surface area contributed by atoms with Crippen LogP contribution in [0.5, 0.6) is 0 Å². The van der Waals surface area contributed by atoms with Gasteiger partial charge in [-0.3, -0.25) is 0 Å². The lowest BCUT2D eigenvalue weighted by atomic mass is 10.0. The van der Waals surface area contributed by atoms with E-state index in [-0.39, 0.29) is 11.2 Å². The van der Waals surface area contributed by atoms with Crippen LogP contribution in [0.4, 0.5) is 0 Å². The molecule has 28 heavy (non-hydrogen) atoms. The number of aromatic carboxylic acids is 1. The van der Waals surface area contributed by atoms with E-state index >= 15 is 0 Å². The van der Waals surface area contributed by atoms with Crippen molar-refractivity contribution in [2.45, 2.75) is 25.0 Å². The van der Waals surface area contributed by atoms with Crippen molar-refractivity contribution in [3.05, 3.63) is 107 Å². The Balaban J connectivity index is 1.42. The number of ether oxygens (including phenoxy) is 1. The topological polar surface area (TPSA) is 46.5 Å². The summed E-state index contributed by atoms with van der Waals surface area (Å²) in [5.41, 5.74) is 4.20. The van der Waals surface area contributed by atoms with Gasteiger partial charge in [0.25, 0.3) is 0 Å². The minimum Gasteiger partial charge on any atom is -0.478 e. The molecule has 0 radical (unpaired) electrons. The SMILES string of the molecule is O=C(O)c1ccc(C#Cc2ccc(C3(OCc4ccccc4)CC3)cc2)cc1. The Morgan fingerprint density at radius 2 is 1.43 bits per heavy atom. The van der Waals surface area contributed by atoms with Gasteiger partial charge in [-0.15, -0.1) is 0 Å². The molecule has 0 spiro atoms. The summed E-state index contributed by atoms with van der Waals surface area (Å²) in [7, 11) is 0. The first kappa shape index (κ1) is 18.0. The minimum absolute atomic E-state index is 0.158. The molecule has 0 amide bonds. The zero-order valence-corrected chi connectivity index (χ0v) is 15.4. The van der Waals surface area contributed by atoms with Crippen molar-refractivity contribution in [2.75, 3.05) is 0 Å². The van der Waals surface area contributed by atoms with Crippen molar-refractivity contribution in [3.8, 4) is 11.8 Å². The summed E-state index contributed by atoms with van der Waals surface area (Å²) in [6.45, 7) is 0.620. The molecule has 3 aromatic rings. The van der Waals surface area contributed by atoms with Gasteiger partial charge in [-0.05, 0) is 60.4 Å². The van der Waals surface area contributed by atoms with Crippen molar-refractivity contribution < 1.29 is 14.6 Å². The normalized spacial score (nSPS) is 14.0. The Morgan fingerprint density at radius 1 is 0.857 bits per heavy atom. The number of hydrogen-bond acceptors (Lipinski definition) is 2. The van der Waals surface area contributed by atoms with Crippen LogP contribution in [0.3, 0.4) is 0 Å². The number of benzene rings is 3. The number of carbonyl (C=O) groups is 1. The van der Waals surface area contributed by atoms with E-state index < -0.39 is 5.97 Å². The van der Waals surface area contributed by atoms with Crippen molar-refractivity contribution in [1.82, 2.24) is 0 Å². The Bertz CT molecular complexity index is 1020. The molecule has 138 valence electrons. The quantitative estimate of drug-likeness (QED) is 0.645. The van der Waals surface area contributed by atoms with Gasteiger partial charge in [0.15, 0.2) is 0 Å². The number of hydrogen-bond donors (Lipinski definition) is 1. The standard InChI is InChI=1S/C25H20O3/c26-24(27)22-12-8-19(9-13-22)6-7-20-10-14-23(15-11-20)25(16-17-25)28-18-21-4-2-1-3-5-21/h1-5,8-15H,16-18H2,(H,26,27). The maximum Gasteiger partial charge on any atom is 0.335 e. The number of carboxylic acid groups (broad SMARTS) is 1. The van der Waals surface area contributed by atoms with Gasteiger partial charge in [-0.1, -0.05) is 54.3 Å². The average Bonchev–Trinajstić information content (AvgIpc) is 3.53. The molecule has 0 aromatic heterocycles. The smallest absolute Gasteiger partial charge is 0.335 e. The molecule has 0 aliphatic heterocycles. The van der Waals surface area contributed by atoms with E-state index in [1.807, 2.05) is 30.3 Å². The fourth-order valence-corrected chi connectivity index (χ4v) is 3.12. The lowest BCUT2D eigenvalue weighted by molar-refractivity contribution is 0.0172. The third-order valence-electron chi connectivity index (χ3n) is 4.96. The predicted octanol–water partition coefficient (Wildman–Crippen LogP) is 4.99. The Morgan fingerprint density at radius 3 is 1.96 bits per heavy atom. The second kappa shape index (κ2) is 7.72. The first-order valence-corrected chi connectivity index (χ1v) is 9.28. The van der Waals surface area contributed by atoms with Crippen LogP contribution in [0.2, 0.25) is 0 Å². The van der Waals surface area contributed by atoms with Crippen molar-refractivity contribution >= 4 is 5.97 Å².